The Morgan fingerprint density at radius 3 is 1.12 bits per heavy atom. The maximum atomic E-state index is 10.8. The molecule has 6 nitrogen and oxygen atoms in total. The zero-order valence-electron chi connectivity index (χ0n) is 22.3. The van der Waals surface area contributed by atoms with E-state index in [1.54, 1.807) is 0 Å². The van der Waals surface area contributed by atoms with Crippen LogP contribution in [0.5, 0.6) is 11.5 Å². The van der Waals surface area contributed by atoms with Gasteiger partial charge < -0.3 is 29.2 Å². The lowest BCUT2D eigenvalue weighted by Crippen LogP contribution is -2.04. The topological polar surface area (TPSA) is 84.0 Å². The predicted octanol–water partition coefficient (Wildman–Crippen LogP) is 6.12. The van der Waals surface area contributed by atoms with E-state index in [-0.39, 0.29) is 12.2 Å². The van der Waals surface area contributed by atoms with Crippen LogP contribution in [0.25, 0.3) is 22.3 Å². The van der Waals surface area contributed by atoms with Gasteiger partial charge in [-0.25, -0.2) is 0 Å². The van der Waals surface area contributed by atoms with Crippen LogP contribution >= 0.6 is 0 Å². The summed E-state index contributed by atoms with van der Waals surface area (Å²) in [7, 11) is 0. The summed E-state index contributed by atoms with van der Waals surface area (Å²) < 4.78 is 21.8. The first kappa shape index (κ1) is 26.5. The number of benzene rings is 4. The molecule has 2 saturated heterocycles. The van der Waals surface area contributed by atoms with Crippen LogP contribution in [0.3, 0.4) is 0 Å². The van der Waals surface area contributed by atoms with Gasteiger partial charge in [0.05, 0.1) is 25.4 Å². The number of aliphatic hydroxyl groups is 2. The van der Waals surface area contributed by atoms with Gasteiger partial charge in [-0.1, -0.05) is 72.8 Å². The van der Waals surface area contributed by atoms with E-state index in [9.17, 15) is 10.2 Å². The van der Waals surface area contributed by atoms with Gasteiger partial charge in [-0.2, -0.15) is 0 Å². The predicted molar refractivity (Wildman–Crippen MR) is 153 cm³/mol. The SMILES string of the molecule is OC(CCC(O)c1ccc(-c2ccc(OCC3CO3)cc2)cc1)c1ccc(-c2ccc(OCC3CO3)cc2)cc1. The number of ether oxygens (including phenoxy) is 4. The zero-order chi connectivity index (χ0) is 27.3. The van der Waals surface area contributed by atoms with E-state index in [1.165, 1.54) is 0 Å². The lowest BCUT2D eigenvalue weighted by atomic mass is 9.96. The van der Waals surface area contributed by atoms with Gasteiger partial charge in [0.2, 0.25) is 0 Å². The van der Waals surface area contributed by atoms with Crippen LogP contribution in [-0.2, 0) is 9.47 Å². The quantitative estimate of drug-likeness (QED) is 0.200. The van der Waals surface area contributed by atoms with Gasteiger partial charge in [-0.15, -0.1) is 0 Å². The van der Waals surface area contributed by atoms with Gasteiger partial charge in [-0.3, -0.25) is 0 Å². The molecule has 2 fully saturated rings. The average Bonchev–Trinajstić information content (AvgIpc) is 3.94. The van der Waals surface area contributed by atoms with Crippen LogP contribution in [0, 0.1) is 0 Å². The van der Waals surface area contributed by atoms with Crippen molar-refractivity contribution >= 4 is 0 Å². The lowest BCUT2D eigenvalue weighted by Gasteiger charge is -2.16. The van der Waals surface area contributed by atoms with Crippen molar-refractivity contribution < 1.29 is 29.2 Å². The standard InChI is InChI=1S/C34H34O6/c35-33(27-5-1-23(2-6-27)25-9-13-29(14-10-25)37-19-31-21-39-31)17-18-34(36)28-7-3-24(4-8-28)26-11-15-30(16-12-26)38-20-32-22-40-32/h1-16,31-36H,17-22H2. The van der Waals surface area contributed by atoms with Gasteiger partial charge in [0.15, 0.2) is 0 Å². The van der Waals surface area contributed by atoms with Crippen LogP contribution in [0.2, 0.25) is 0 Å². The molecule has 0 aliphatic carbocycles. The van der Waals surface area contributed by atoms with Gasteiger partial charge >= 0.3 is 0 Å². The van der Waals surface area contributed by atoms with Crippen molar-refractivity contribution in [1.82, 2.24) is 0 Å². The van der Waals surface area contributed by atoms with E-state index in [0.717, 1.165) is 58.1 Å². The molecule has 4 aromatic carbocycles. The number of hydrogen-bond acceptors (Lipinski definition) is 6. The van der Waals surface area contributed by atoms with E-state index in [2.05, 4.69) is 0 Å². The zero-order valence-corrected chi connectivity index (χ0v) is 22.3. The van der Waals surface area contributed by atoms with Crippen molar-refractivity contribution in [3.05, 3.63) is 108 Å². The second-order valence-corrected chi connectivity index (χ2v) is 10.4. The number of hydrogen-bond donors (Lipinski definition) is 2. The smallest absolute Gasteiger partial charge is 0.119 e. The molecule has 0 amide bonds. The Kier molecular flexibility index (Phi) is 8.11. The van der Waals surface area contributed by atoms with E-state index in [4.69, 9.17) is 18.9 Å². The second kappa shape index (κ2) is 12.2. The van der Waals surface area contributed by atoms with E-state index < -0.39 is 12.2 Å². The van der Waals surface area contributed by atoms with Crippen molar-refractivity contribution in [1.29, 1.82) is 0 Å². The van der Waals surface area contributed by atoms with Gasteiger partial charge in [0.1, 0.15) is 36.9 Å². The molecule has 0 saturated carbocycles. The Bertz CT molecular complexity index is 1250. The van der Waals surface area contributed by atoms with Crippen LogP contribution in [0.15, 0.2) is 97.1 Å². The van der Waals surface area contributed by atoms with E-state index >= 15 is 0 Å². The third-order valence-corrected chi connectivity index (χ3v) is 7.36. The maximum Gasteiger partial charge on any atom is 0.119 e. The summed E-state index contributed by atoms with van der Waals surface area (Å²) in [6.07, 6.45) is 0.121. The maximum absolute atomic E-state index is 10.8. The fraction of sp³-hybridized carbons (Fsp3) is 0.294. The molecule has 2 aliphatic heterocycles. The van der Waals surface area contributed by atoms with E-state index in [0.29, 0.717) is 26.1 Å². The van der Waals surface area contributed by atoms with Crippen molar-refractivity contribution in [2.75, 3.05) is 26.4 Å². The summed E-state index contributed by atoms with van der Waals surface area (Å²) in [6, 6.07) is 31.9. The Morgan fingerprint density at radius 2 is 0.825 bits per heavy atom. The number of aliphatic hydroxyl groups excluding tert-OH is 2. The minimum Gasteiger partial charge on any atom is -0.491 e. The molecule has 6 heteroatoms. The molecule has 0 aromatic heterocycles. The lowest BCUT2D eigenvalue weighted by molar-refractivity contribution is 0.115. The minimum atomic E-state index is -0.643. The van der Waals surface area contributed by atoms with Crippen LogP contribution in [0.4, 0.5) is 0 Å². The third kappa shape index (κ3) is 7.09. The highest BCUT2D eigenvalue weighted by Gasteiger charge is 2.23. The minimum absolute atomic E-state index is 0.239. The first-order chi connectivity index (χ1) is 19.6. The summed E-state index contributed by atoms with van der Waals surface area (Å²) in [4.78, 5) is 0. The molecule has 4 unspecified atom stereocenters. The molecule has 2 N–H and O–H groups in total. The summed E-state index contributed by atoms with van der Waals surface area (Å²) in [5, 5.41) is 21.5. The molecule has 4 aromatic rings. The monoisotopic (exact) mass is 538 g/mol. The van der Waals surface area contributed by atoms with Crippen molar-refractivity contribution in [3.8, 4) is 33.8 Å². The fourth-order valence-corrected chi connectivity index (χ4v) is 4.64. The molecule has 0 radical (unpaired) electrons. The second-order valence-electron chi connectivity index (χ2n) is 10.4. The van der Waals surface area contributed by atoms with Gasteiger partial charge in [0.25, 0.3) is 0 Å². The van der Waals surface area contributed by atoms with E-state index in [1.807, 2.05) is 97.1 Å². The molecular weight excluding hydrogens is 504 g/mol. The molecule has 0 spiro atoms. The average molecular weight is 539 g/mol. The Labute approximate surface area is 234 Å². The summed E-state index contributed by atoms with van der Waals surface area (Å²) in [5.41, 5.74) is 6.00. The van der Waals surface area contributed by atoms with Gasteiger partial charge in [-0.05, 0) is 70.5 Å². The highest BCUT2D eigenvalue weighted by Crippen LogP contribution is 2.30. The normalized spacial score (nSPS) is 19.1. The Balaban J connectivity index is 0.983. The molecule has 2 heterocycles. The third-order valence-electron chi connectivity index (χ3n) is 7.36. The molecule has 206 valence electrons. The Morgan fingerprint density at radius 1 is 0.525 bits per heavy atom. The van der Waals surface area contributed by atoms with Crippen LogP contribution < -0.4 is 9.47 Å². The Hall–Kier alpha value is -3.68. The van der Waals surface area contributed by atoms with Crippen molar-refractivity contribution in [3.63, 3.8) is 0 Å². The highest BCUT2D eigenvalue weighted by molar-refractivity contribution is 5.65. The number of epoxide rings is 2. The van der Waals surface area contributed by atoms with Crippen molar-refractivity contribution in [2.45, 2.75) is 37.3 Å². The first-order valence-corrected chi connectivity index (χ1v) is 13.9. The molecule has 2 aliphatic rings. The summed E-state index contributed by atoms with van der Waals surface area (Å²) >= 11 is 0. The number of rotatable bonds is 13. The van der Waals surface area contributed by atoms with Gasteiger partial charge in [0, 0.05) is 0 Å². The highest BCUT2D eigenvalue weighted by atomic mass is 16.6. The molecular formula is C34H34O6. The molecule has 40 heavy (non-hydrogen) atoms. The summed E-state index contributed by atoms with van der Waals surface area (Å²) in [6.45, 7) is 2.75. The summed E-state index contributed by atoms with van der Waals surface area (Å²) in [5.74, 6) is 1.66. The largest absolute Gasteiger partial charge is 0.491 e. The molecule has 6 rings (SSSR count). The van der Waals surface area contributed by atoms with Crippen molar-refractivity contribution in [2.24, 2.45) is 0 Å². The van der Waals surface area contributed by atoms with Crippen LogP contribution in [0.1, 0.15) is 36.2 Å². The molecule has 4 atom stereocenters. The fourth-order valence-electron chi connectivity index (χ4n) is 4.64. The van der Waals surface area contributed by atoms with Crippen LogP contribution in [-0.4, -0.2) is 48.8 Å². The molecule has 0 bridgehead atoms. The first-order valence-electron chi connectivity index (χ1n) is 13.9.